The van der Waals surface area contributed by atoms with Crippen LogP contribution in [0.2, 0.25) is 0 Å². The van der Waals surface area contributed by atoms with Gasteiger partial charge in [-0.15, -0.1) is 0 Å². The van der Waals surface area contributed by atoms with E-state index >= 15 is 0 Å². The average molecular weight is 268 g/mol. The molecule has 2 nitrogen and oxygen atoms in total. The van der Waals surface area contributed by atoms with E-state index in [2.05, 4.69) is 11.4 Å². The Hall–Kier alpha value is -2.18. The molecule has 0 saturated heterocycles. The topological polar surface area (TPSA) is 35.8 Å². The lowest BCUT2D eigenvalue weighted by atomic mass is 10.1. The number of hydrogen-bond acceptors (Lipinski definition) is 2. The number of nitrogens with zero attached hydrogens (tertiary/aromatic N) is 1. The minimum Gasteiger partial charge on any atom is -0.310 e. The summed E-state index contributed by atoms with van der Waals surface area (Å²) >= 11 is 0. The first kappa shape index (κ1) is 14.2. The Balaban J connectivity index is 1.87. The zero-order chi connectivity index (χ0) is 14.4. The highest BCUT2D eigenvalue weighted by Gasteiger charge is 2.07. The van der Waals surface area contributed by atoms with E-state index in [4.69, 9.17) is 5.26 Å². The first-order chi connectivity index (χ1) is 9.69. The van der Waals surface area contributed by atoms with E-state index in [1.165, 1.54) is 6.07 Å². The molecule has 0 radical (unpaired) electrons. The maximum atomic E-state index is 13.5. The van der Waals surface area contributed by atoms with Gasteiger partial charge in [0.25, 0.3) is 0 Å². The summed E-state index contributed by atoms with van der Waals surface area (Å²) in [6.45, 7) is 2.75. The van der Waals surface area contributed by atoms with E-state index in [0.717, 1.165) is 11.1 Å². The van der Waals surface area contributed by atoms with Crippen LogP contribution in [0.1, 0.15) is 23.6 Å². The van der Waals surface area contributed by atoms with Gasteiger partial charge in [0.15, 0.2) is 0 Å². The second-order valence-corrected chi connectivity index (χ2v) is 4.89. The minimum atomic E-state index is -0.153. The zero-order valence-electron chi connectivity index (χ0n) is 11.4. The van der Waals surface area contributed by atoms with Crippen molar-refractivity contribution < 1.29 is 4.39 Å². The van der Waals surface area contributed by atoms with Crippen LogP contribution in [0.5, 0.6) is 0 Å². The average Bonchev–Trinajstić information content (AvgIpc) is 2.48. The summed E-state index contributed by atoms with van der Waals surface area (Å²) in [6, 6.07) is 16.6. The highest BCUT2D eigenvalue weighted by Crippen LogP contribution is 2.10. The summed E-state index contributed by atoms with van der Waals surface area (Å²) < 4.78 is 13.5. The SMILES string of the molecule is CC(Cc1ccccc1F)NCc1ccc(C#N)cc1. The molecule has 2 rings (SSSR count). The quantitative estimate of drug-likeness (QED) is 0.902. The number of nitrogens with one attached hydrogen (secondary N) is 1. The van der Waals surface area contributed by atoms with Crippen LogP contribution in [0, 0.1) is 17.1 Å². The molecule has 0 aromatic heterocycles. The third-order valence-electron chi connectivity index (χ3n) is 3.22. The molecule has 0 bridgehead atoms. The van der Waals surface area contributed by atoms with E-state index in [1.807, 2.05) is 31.2 Å². The van der Waals surface area contributed by atoms with Gasteiger partial charge in [-0.05, 0) is 42.7 Å². The van der Waals surface area contributed by atoms with Crippen molar-refractivity contribution in [2.24, 2.45) is 0 Å². The summed E-state index contributed by atoms with van der Waals surface area (Å²) in [7, 11) is 0. The molecule has 0 fully saturated rings. The lowest BCUT2D eigenvalue weighted by Gasteiger charge is -2.14. The minimum absolute atomic E-state index is 0.153. The van der Waals surface area contributed by atoms with Crippen molar-refractivity contribution in [1.29, 1.82) is 5.26 Å². The van der Waals surface area contributed by atoms with Crippen molar-refractivity contribution in [3.05, 3.63) is 71.0 Å². The van der Waals surface area contributed by atoms with Gasteiger partial charge in [-0.25, -0.2) is 4.39 Å². The molecule has 1 N–H and O–H groups in total. The van der Waals surface area contributed by atoms with E-state index in [0.29, 0.717) is 18.5 Å². The maximum absolute atomic E-state index is 13.5. The predicted octanol–water partition coefficient (Wildman–Crippen LogP) is 3.42. The zero-order valence-corrected chi connectivity index (χ0v) is 11.4. The molecule has 1 unspecified atom stereocenters. The normalized spacial score (nSPS) is 11.8. The van der Waals surface area contributed by atoms with Gasteiger partial charge in [-0.2, -0.15) is 5.26 Å². The highest BCUT2D eigenvalue weighted by atomic mass is 19.1. The second kappa shape index (κ2) is 6.83. The third-order valence-corrected chi connectivity index (χ3v) is 3.22. The van der Waals surface area contributed by atoms with Crippen LogP contribution < -0.4 is 5.32 Å². The first-order valence-electron chi connectivity index (χ1n) is 6.65. The smallest absolute Gasteiger partial charge is 0.126 e. The van der Waals surface area contributed by atoms with Crippen molar-refractivity contribution >= 4 is 0 Å². The fourth-order valence-corrected chi connectivity index (χ4v) is 2.06. The largest absolute Gasteiger partial charge is 0.310 e. The number of nitriles is 1. The Labute approximate surface area is 118 Å². The van der Waals surface area contributed by atoms with Crippen LogP contribution in [0.3, 0.4) is 0 Å². The number of hydrogen-bond donors (Lipinski definition) is 1. The maximum Gasteiger partial charge on any atom is 0.126 e. The van der Waals surface area contributed by atoms with Crippen LogP contribution in [0.25, 0.3) is 0 Å². The van der Waals surface area contributed by atoms with Gasteiger partial charge in [-0.3, -0.25) is 0 Å². The van der Waals surface area contributed by atoms with Crippen molar-refractivity contribution in [3.8, 4) is 6.07 Å². The van der Waals surface area contributed by atoms with Crippen LogP contribution in [0.4, 0.5) is 4.39 Å². The van der Waals surface area contributed by atoms with E-state index in [-0.39, 0.29) is 11.9 Å². The van der Waals surface area contributed by atoms with E-state index in [1.54, 1.807) is 18.2 Å². The molecule has 102 valence electrons. The van der Waals surface area contributed by atoms with Gasteiger partial charge in [0.2, 0.25) is 0 Å². The molecule has 0 heterocycles. The summed E-state index contributed by atoms with van der Waals surface area (Å²) in [6.07, 6.45) is 0.656. The van der Waals surface area contributed by atoms with Gasteiger partial charge < -0.3 is 5.32 Å². The summed E-state index contributed by atoms with van der Waals surface area (Å²) in [5.74, 6) is -0.153. The van der Waals surface area contributed by atoms with Gasteiger partial charge in [0.1, 0.15) is 5.82 Å². The second-order valence-electron chi connectivity index (χ2n) is 4.89. The van der Waals surface area contributed by atoms with E-state index in [9.17, 15) is 4.39 Å². The van der Waals surface area contributed by atoms with Crippen LogP contribution in [-0.2, 0) is 13.0 Å². The van der Waals surface area contributed by atoms with Crippen LogP contribution in [-0.4, -0.2) is 6.04 Å². The summed E-state index contributed by atoms with van der Waals surface area (Å²) in [4.78, 5) is 0. The monoisotopic (exact) mass is 268 g/mol. The predicted molar refractivity (Wildman–Crippen MR) is 77.6 cm³/mol. The molecule has 0 amide bonds. The molecule has 3 heteroatoms. The van der Waals surface area contributed by atoms with Gasteiger partial charge >= 0.3 is 0 Å². The van der Waals surface area contributed by atoms with E-state index < -0.39 is 0 Å². The molecule has 0 aliphatic carbocycles. The summed E-state index contributed by atoms with van der Waals surface area (Å²) in [5.41, 5.74) is 2.50. The number of halogens is 1. The fourth-order valence-electron chi connectivity index (χ4n) is 2.06. The lowest BCUT2D eigenvalue weighted by Crippen LogP contribution is -2.27. The van der Waals surface area contributed by atoms with Crippen molar-refractivity contribution in [2.75, 3.05) is 0 Å². The Morgan fingerprint density at radius 3 is 2.50 bits per heavy atom. The molecular weight excluding hydrogens is 251 g/mol. The lowest BCUT2D eigenvalue weighted by molar-refractivity contribution is 0.526. The number of rotatable bonds is 5. The Bertz CT molecular complexity index is 599. The number of benzene rings is 2. The fraction of sp³-hybridized carbons (Fsp3) is 0.235. The van der Waals surface area contributed by atoms with Crippen molar-refractivity contribution in [2.45, 2.75) is 25.9 Å². The molecule has 0 aliphatic heterocycles. The molecule has 0 aliphatic rings. The first-order valence-corrected chi connectivity index (χ1v) is 6.65. The van der Waals surface area contributed by atoms with Gasteiger partial charge in [-0.1, -0.05) is 30.3 Å². The van der Waals surface area contributed by atoms with Crippen LogP contribution in [0.15, 0.2) is 48.5 Å². The molecule has 20 heavy (non-hydrogen) atoms. The van der Waals surface area contributed by atoms with Gasteiger partial charge in [0.05, 0.1) is 11.6 Å². The van der Waals surface area contributed by atoms with Crippen LogP contribution >= 0.6 is 0 Å². The molecule has 0 spiro atoms. The molecule has 2 aromatic rings. The Morgan fingerprint density at radius 2 is 1.85 bits per heavy atom. The van der Waals surface area contributed by atoms with Crippen molar-refractivity contribution in [3.63, 3.8) is 0 Å². The standard InChI is InChI=1S/C17H17FN2/c1-13(10-16-4-2-3-5-17(16)18)20-12-15-8-6-14(11-19)7-9-15/h2-9,13,20H,10,12H2,1H3. The molecule has 1 atom stereocenters. The molecule has 0 saturated carbocycles. The highest BCUT2D eigenvalue weighted by molar-refractivity contribution is 5.31. The van der Waals surface area contributed by atoms with Gasteiger partial charge in [0, 0.05) is 12.6 Å². The molecule has 2 aromatic carbocycles. The Kier molecular flexibility index (Phi) is 4.86. The molecular formula is C17H17FN2. The Morgan fingerprint density at radius 1 is 1.15 bits per heavy atom. The third kappa shape index (κ3) is 3.91. The van der Waals surface area contributed by atoms with Crippen molar-refractivity contribution in [1.82, 2.24) is 5.32 Å². The summed E-state index contributed by atoms with van der Waals surface area (Å²) in [5, 5.41) is 12.1.